The lowest BCUT2D eigenvalue weighted by atomic mass is 9.81. The van der Waals surface area contributed by atoms with Gasteiger partial charge < -0.3 is 9.47 Å². The van der Waals surface area contributed by atoms with Crippen LogP contribution < -0.4 is 0 Å². The zero-order chi connectivity index (χ0) is 11.9. The van der Waals surface area contributed by atoms with Gasteiger partial charge >= 0.3 is 0 Å². The Kier molecular flexibility index (Phi) is 5.35. The maximum absolute atomic E-state index is 5.78. The molecule has 0 aromatic carbocycles. The van der Waals surface area contributed by atoms with Crippen molar-refractivity contribution >= 4 is 0 Å². The predicted molar refractivity (Wildman–Crippen MR) is 68.4 cm³/mol. The van der Waals surface area contributed by atoms with Crippen LogP contribution in [0.4, 0.5) is 0 Å². The Labute approximate surface area is 105 Å². The summed E-state index contributed by atoms with van der Waals surface area (Å²) in [6, 6.07) is 0. The number of hydrogen-bond donors (Lipinski definition) is 0. The van der Waals surface area contributed by atoms with E-state index in [-0.39, 0.29) is 6.29 Å². The third-order valence-electron chi connectivity index (χ3n) is 4.05. The second-order valence-electron chi connectivity index (χ2n) is 5.34. The van der Waals surface area contributed by atoms with Gasteiger partial charge in [0, 0.05) is 19.1 Å². The van der Waals surface area contributed by atoms with Gasteiger partial charge in [0.05, 0.1) is 0 Å². The molecular weight excluding hydrogens is 212 g/mol. The molecule has 2 nitrogen and oxygen atoms in total. The van der Waals surface area contributed by atoms with Crippen molar-refractivity contribution in [3.63, 3.8) is 0 Å². The first-order valence-corrected chi connectivity index (χ1v) is 7.08. The van der Waals surface area contributed by atoms with Gasteiger partial charge in [-0.1, -0.05) is 0 Å². The molecule has 1 saturated heterocycles. The molecule has 0 bridgehead atoms. The summed E-state index contributed by atoms with van der Waals surface area (Å²) in [5, 5.41) is 0. The molecule has 2 aliphatic rings. The van der Waals surface area contributed by atoms with Gasteiger partial charge in [-0.2, -0.15) is 0 Å². The minimum atomic E-state index is 0.0748. The van der Waals surface area contributed by atoms with Crippen LogP contribution in [0.5, 0.6) is 0 Å². The second-order valence-corrected chi connectivity index (χ2v) is 5.34. The minimum Gasteiger partial charge on any atom is -0.353 e. The van der Waals surface area contributed by atoms with Crippen molar-refractivity contribution < 1.29 is 9.47 Å². The van der Waals surface area contributed by atoms with Gasteiger partial charge in [-0.3, -0.25) is 0 Å². The Bertz CT molecular complexity index is 242. The Balaban J connectivity index is 1.55. The predicted octanol–water partition coefficient (Wildman–Crippen LogP) is 3.36. The molecule has 1 saturated carbocycles. The molecular formula is C15H24O2. The topological polar surface area (TPSA) is 18.5 Å². The van der Waals surface area contributed by atoms with E-state index in [0.717, 1.165) is 25.6 Å². The van der Waals surface area contributed by atoms with E-state index < -0.39 is 0 Å². The largest absolute Gasteiger partial charge is 0.353 e. The van der Waals surface area contributed by atoms with Gasteiger partial charge in [0.1, 0.15) is 0 Å². The van der Waals surface area contributed by atoms with E-state index in [1.807, 2.05) is 0 Å². The normalized spacial score (nSPS) is 34.2. The van der Waals surface area contributed by atoms with Crippen LogP contribution >= 0.6 is 0 Å². The van der Waals surface area contributed by atoms with Gasteiger partial charge in [-0.05, 0) is 57.3 Å². The van der Waals surface area contributed by atoms with Crippen molar-refractivity contribution in [2.45, 2.75) is 57.7 Å². The van der Waals surface area contributed by atoms with Gasteiger partial charge in [0.15, 0.2) is 6.29 Å². The highest BCUT2D eigenvalue weighted by molar-refractivity contribution is 4.95. The first-order valence-electron chi connectivity index (χ1n) is 7.08. The third kappa shape index (κ3) is 4.33. The van der Waals surface area contributed by atoms with Crippen molar-refractivity contribution in [1.29, 1.82) is 0 Å². The van der Waals surface area contributed by atoms with E-state index in [0.29, 0.717) is 5.92 Å². The SMILES string of the molecule is C#CC1CCC(CCOC2CCCCO2)CC1. The smallest absolute Gasteiger partial charge is 0.157 e. The molecule has 0 aromatic rings. The van der Waals surface area contributed by atoms with Crippen molar-refractivity contribution in [1.82, 2.24) is 0 Å². The summed E-state index contributed by atoms with van der Waals surface area (Å²) in [5.74, 6) is 4.24. The molecule has 1 unspecified atom stereocenters. The van der Waals surface area contributed by atoms with Crippen molar-refractivity contribution in [2.75, 3.05) is 13.2 Å². The summed E-state index contributed by atoms with van der Waals surface area (Å²) in [7, 11) is 0. The highest BCUT2D eigenvalue weighted by atomic mass is 16.7. The molecule has 2 fully saturated rings. The summed E-state index contributed by atoms with van der Waals surface area (Å²) >= 11 is 0. The van der Waals surface area contributed by atoms with E-state index in [9.17, 15) is 0 Å². The lowest BCUT2D eigenvalue weighted by Crippen LogP contribution is -2.24. The standard InChI is InChI=1S/C15H24O2/c1-2-13-6-8-14(9-7-13)10-12-17-15-5-3-4-11-16-15/h1,13-15H,3-12H2. The number of terminal acetylenes is 1. The number of ether oxygens (including phenoxy) is 2. The molecule has 17 heavy (non-hydrogen) atoms. The summed E-state index contributed by atoms with van der Waals surface area (Å²) in [5.41, 5.74) is 0. The molecule has 0 N–H and O–H groups in total. The molecule has 2 heteroatoms. The Morgan fingerprint density at radius 2 is 1.94 bits per heavy atom. The van der Waals surface area contributed by atoms with E-state index in [2.05, 4.69) is 5.92 Å². The first kappa shape index (κ1) is 12.9. The lowest BCUT2D eigenvalue weighted by molar-refractivity contribution is -0.164. The van der Waals surface area contributed by atoms with E-state index in [1.54, 1.807) is 0 Å². The van der Waals surface area contributed by atoms with Crippen LogP contribution in [0, 0.1) is 24.2 Å². The van der Waals surface area contributed by atoms with Gasteiger partial charge in [-0.25, -0.2) is 0 Å². The number of rotatable bonds is 4. The van der Waals surface area contributed by atoms with E-state index >= 15 is 0 Å². The highest BCUT2D eigenvalue weighted by Crippen LogP contribution is 2.30. The van der Waals surface area contributed by atoms with Crippen molar-refractivity contribution in [2.24, 2.45) is 11.8 Å². The van der Waals surface area contributed by atoms with Crippen LogP contribution in [0.3, 0.4) is 0 Å². The molecule has 0 spiro atoms. The lowest BCUT2D eigenvalue weighted by Gasteiger charge is -2.27. The molecule has 1 atom stereocenters. The highest BCUT2D eigenvalue weighted by Gasteiger charge is 2.20. The van der Waals surface area contributed by atoms with Crippen molar-refractivity contribution in [3.05, 3.63) is 0 Å². The molecule has 0 aromatic heterocycles. The molecule has 1 heterocycles. The molecule has 2 rings (SSSR count). The maximum Gasteiger partial charge on any atom is 0.157 e. The zero-order valence-corrected chi connectivity index (χ0v) is 10.7. The number of hydrogen-bond acceptors (Lipinski definition) is 2. The minimum absolute atomic E-state index is 0.0748. The fourth-order valence-electron chi connectivity index (χ4n) is 2.83. The van der Waals surface area contributed by atoms with Gasteiger partial charge in [-0.15, -0.1) is 12.3 Å². The van der Waals surface area contributed by atoms with Crippen LogP contribution in [-0.4, -0.2) is 19.5 Å². The molecule has 1 aliphatic heterocycles. The summed E-state index contributed by atoms with van der Waals surface area (Å²) in [6.45, 7) is 1.73. The average Bonchev–Trinajstić information content (AvgIpc) is 2.41. The first-order chi connectivity index (χ1) is 8.38. The molecule has 0 amide bonds. The summed E-state index contributed by atoms with van der Waals surface area (Å²) < 4.78 is 11.3. The van der Waals surface area contributed by atoms with Crippen LogP contribution in [0.1, 0.15) is 51.4 Å². The average molecular weight is 236 g/mol. The fraction of sp³-hybridized carbons (Fsp3) is 0.867. The van der Waals surface area contributed by atoms with Crippen LogP contribution in [0.25, 0.3) is 0 Å². The molecule has 1 aliphatic carbocycles. The molecule has 96 valence electrons. The Morgan fingerprint density at radius 1 is 1.12 bits per heavy atom. The van der Waals surface area contributed by atoms with Crippen LogP contribution in [-0.2, 0) is 9.47 Å². The van der Waals surface area contributed by atoms with Crippen LogP contribution in [0.15, 0.2) is 0 Å². The summed E-state index contributed by atoms with van der Waals surface area (Å²) in [4.78, 5) is 0. The Hall–Kier alpha value is -0.520. The van der Waals surface area contributed by atoms with Crippen LogP contribution in [0.2, 0.25) is 0 Å². The van der Waals surface area contributed by atoms with Gasteiger partial charge in [0.2, 0.25) is 0 Å². The Morgan fingerprint density at radius 3 is 2.59 bits per heavy atom. The van der Waals surface area contributed by atoms with Crippen molar-refractivity contribution in [3.8, 4) is 12.3 Å². The quantitative estimate of drug-likeness (QED) is 0.697. The third-order valence-corrected chi connectivity index (χ3v) is 4.05. The summed E-state index contributed by atoms with van der Waals surface area (Å²) in [6.07, 6.45) is 15.2. The molecule has 0 radical (unpaired) electrons. The monoisotopic (exact) mass is 236 g/mol. The zero-order valence-electron chi connectivity index (χ0n) is 10.7. The fourth-order valence-corrected chi connectivity index (χ4v) is 2.83. The second kappa shape index (κ2) is 7.03. The van der Waals surface area contributed by atoms with E-state index in [1.165, 1.54) is 44.9 Å². The maximum atomic E-state index is 5.78. The van der Waals surface area contributed by atoms with Gasteiger partial charge in [0.25, 0.3) is 0 Å². The van der Waals surface area contributed by atoms with E-state index in [4.69, 9.17) is 15.9 Å².